The zero-order valence-electron chi connectivity index (χ0n) is 10.8. The van der Waals surface area contributed by atoms with E-state index in [1.807, 2.05) is 13.8 Å². The smallest absolute Gasteiger partial charge is 0.330 e. The lowest BCUT2D eigenvalue weighted by Gasteiger charge is -2.28. The highest BCUT2D eigenvalue weighted by molar-refractivity contribution is 5.79. The summed E-state index contributed by atoms with van der Waals surface area (Å²) >= 11 is 0. The summed E-state index contributed by atoms with van der Waals surface area (Å²) in [6, 6.07) is -0.236. The molecule has 6 heteroatoms. The van der Waals surface area contributed by atoms with Crippen LogP contribution in [0.3, 0.4) is 0 Å². The van der Waals surface area contributed by atoms with Crippen LogP contribution in [-0.2, 0) is 4.79 Å². The molecule has 3 nitrogen and oxygen atoms in total. The monoisotopic (exact) mass is 266 g/mol. The van der Waals surface area contributed by atoms with Crippen molar-refractivity contribution in [3.05, 3.63) is 0 Å². The Kier molecular flexibility index (Phi) is 5.01. The van der Waals surface area contributed by atoms with Crippen molar-refractivity contribution in [2.75, 3.05) is 13.1 Å². The first kappa shape index (κ1) is 15.3. The first-order valence-corrected chi connectivity index (χ1v) is 6.32. The minimum atomic E-state index is -4.34. The predicted molar refractivity (Wildman–Crippen MR) is 62.8 cm³/mol. The van der Waals surface area contributed by atoms with Gasteiger partial charge in [0.1, 0.15) is 6.54 Å². The molecule has 0 radical (unpaired) electrons. The van der Waals surface area contributed by atoms with Crippen LogP contribution in [0.15, 0.2) is 0 Å². The molecule has 2 N–H and O–H groups in total. The van der Waals surface area contributed by atoms with Crippen LogP contribution in [0.5, 0.6) is 0 Å². The van der Waals surface area contributed by atoms with Gasteiger partial charge in [0.25, 0.3) is 0 Å². The maximum atomic E-state index is 12.5. The van der Waals surface area contributed by atoms with Gasteiger partial charge in [-0.2, -0.15) is 13.2 Å². The summed E-state index contributed by atoms with van der Waals surface area (Å²) in [6.45, 7) is 2.82. The van der Waals surface area contributed by atoms with Crippen LogP contribution in [0, 0.1) is 11.8 Å². The van der Waals surface area contributed by atoms with Gasteiger partial charge in [-0.25, -0.2) is 0 Å². The minimum Gasteiger partial charge on any atom is -0.330 e. The highest BCUT2D eigenvalue weighted by Gasteiger charge is 2.42. The molecule has 1 fully saturated rings. The quantitative estimate of drug-likeness (QED) is 0.800. The van der Waals surface area contributed by atoms with E-state index in [-0.39, 0.29) is 18.5 Å². The van der Waals surface area contributed by atoms with Crippen LogP contribution in [0.2, 0.25) is 0 Å². The Labute approximate surface area is 106 Å². The standard InChI is InChI=1S/C12H21F3N2O/c1-8(2)5-9(6-16)11(18)17(10-3-4-10)7-12(13,14)15/h8-10H,3-7,16H2,1-2H3. The molecule has 1 aliphatic rings. The SMILES string of the molecule is CC(C)CC(CN)C(=O)N(CC(F)(F)F)C1CC1. The van der Waals surface area contributed by atoms with Crippen molar-refractivity contribution >= 4 is 5.91 Å². The van der Waals surface area contributed by atoms with Crippen LogP contribution >= 0.6 is 0 Å². The molecule has 0 aromatic carbocycles. The molecular formula is C12H21F3N2O. The number of nitrogens with zero attached hydrogens (tertiary/aromatic N) is 1. The largest absolute Gasteiger partial charge is 0.406 e. The summed E-state index contributed by atoms with van der Waals surface area (Å²) in [7, 11) is 0. The van der Waals surface area contributed by atoms with Gasteiger partial charge in [-0.05, 0) is 25.2 Å². The van der Waals surface area contributed by atoms with E-state index in [1.54, 1.807) is 0 Å². The highest BCUT2D eigenvalue weighted by Crippen LogP contribution is 2.32. The van der Waals surface area contributed by atoms with E-state index in [4.69, 9.17) is 5.73 Å². The number of halogens is 3. The van der Waals surface area contributed by atoms with Crippen molar-refractivity contribution in [3.8, 4) is 0 Å². The molecule has 0 aromatic rings. The van der Waals surface area contributed by atoms with Gasteiger partial charge in [0.15, 0.2) is 0 Å². The zero-order valence-corrected chi connectivity index (χ0v) is 10.8. The Balaban J connectivity index is 2.68. The maximum absolute atomic E-state index is 12.5. The van der Waals surface area contributed by atoms with Gasteiger partial charge in [-0.1, -0.05) is 13.8 Å². The Morgan fingerprint density at radius 3 is 2.28 bits per heavy atom. The summed E-state index contributed by atoms with van der Waals surface area (Å²) in [5, 5.41) is 0. The second-order valence-electron chi connectivity index (χ2n) is 5.37. The lowest BCUT2D eigenvalue weighted by atomic mass is 9.95. The second kappa shape index (κ2) is 5.91. The van der Waals surface area contributed by atoms with Crippen molar-refractivity contribution < 1.29 is 18.0 Å². The Morgan fingerprint density at radius 2 is 1.94 bits per heavy atom. The van der Waals surface area contributed by atoms with Gasteiger partial charge in [0, 0.05) is 12.6 Å². The van der Waals surface area contributed by atoms with Gasteiger partial charge in [0.2, 0.25) is 5.91 Å². The Bertz CT molecular complexity index is 288. The summed E-state index contributed by atoms with van der Waals surface area (Å²) in [4.78, 5) is 13.1. The topological polar surface area (TPSA) is 46.3 Å². The van der Waals surface area contributed by atoms with E-state index in [0.717, 1.165) is 4.90 Å². The molecule has 1 unspecified atom stereocenters. The number of carbonyl (C=O) groups excluding carboxylic acids is 1. The highest BCUT2D eigenvalue weighted by atomic mass is 19.4. The molecule has 1 saturated carbocycles. The molecule has 0 bridgehead atoms. The molecule has 106 valence electrons. The van der Waals surface area contributed by atoms with Gasteiger partial charge >= 0.3 is 6.18 Å². The molecule has 0 spiro atoms. The summed E-state index contributed by atoms with van der Waals surface area (Å²) in [6.07, 6.45) is -2.47. The van der Waals surface area contributed by atoms with Gasteiger partial charge in [0.05, 0.1) is 5.92 Å². The van der Waals surface area contributed by atoms with Crippen molar-refractivity contribution in [3.63, 3.8) is 0 Å². The number of alkyl halides is 3. The average Bonchev–Trinajstić information content (AvgIpc) is 3.03. The van der Waals surface area contributed by atoms with Crippen LogP contribution < -0.4 is 5.73 Å². The van der Waals surface area contributed by atoms with E-state index in [0.29, 0.717) is 19.3 Å². The van der Waals surface area contributed by atoms with E-state index in [2.05, 4.69) is 0 Å². The fourth-order valence-electron chi connectivity index (χ4n) is 2.07. The van der Waals surface area contributed by atoms with Crippen LogP contribution in [-0.4, -0.2) is 36.1 Å². The number of hydrogen-bond donors (Lipinski definition) is 1. The van der Waals surface area contributed by atoms with E-state index >= 15 is 0 Å². The van der Waals surface area contributed by atoms with E-state index in [9.17, 15) is 18.0 Å². The summed E-state index contributed by atoms with van der Waals surface area (Å²) < 4.78 is 37.4. The van der Waals surface area contributed by atoms with Crippen molar-refractivity contribution in [2.45, 2.75) is 45.3 Å². The number of amides is 1. The molecule has 0 aliphatic heterocycles. The van der Waals surface area contributed by atoms with Gasteiger partial charge in [-0.3, -0.25) is 4.79 Å². The normalized spacial score (nSPS) is 17.9. The fourth-order valence-corrected chi connectivity index (χ4v) is 2.07. The third-order valence-electron chi connectivity index (χ3n) is 3.01. The average molecular weight is 266 g/mol. The maximum Gasteiger partial charge on any atom is 0.406 e. The fraction of sp³-hybridized carbons (Fsp3) is 0.917. The molecule has 0 saturated heterocycles. The van der Waals surface area contributed by atoms with Crippen LogP contribution in [0.1, 0.15) is 33.1 Å². The van der Waals surface area contributed by atoms with Crippen LogP contribution in [0.4, 0.5) is 13.2 Å². The lowest BCUT2D eigenvalue weighted by molar-refractivity contribution is -0.165. The second-order valence-corrected chi connectivity index (χ2v) is 5.37. The Hall–Kier alpha value is -0.780. The molecule has 1 rings (SSSR count). The zero-order chi connectivity index (χ0) is 13.9. The molecular weight excluding hydrogens is 245 g/mol. The number of rotatable bonds is 6. The molecule has 0 aromatic heterocycles. The minimum absolute atomic E-state index is 0.109. The first-order chi connectivity index (χ1) is 8.24. The molecule has 18 heavy (non-hydrogen) atoms. The molecule has 1 atom stereocenters. The third kappa shape index (κ3) is 4.84. The van der Waals surface area contributed by atoms with Gasteiger partial charge in [-0.15, -0.1) is 0 Å². The van der Waals surface area contributed by atoms with Gasteiger partial charge < -0.3 is 10.6 Å². The Morgan fingerprint density at radius 1 is 1.39 bits per heavy atom. The number of hydrogen-bond acceptors (Lipinski definition) is 2. The molecule has 1 amide bonds. The summed E-state index contributed by atoms with van der Waals surface area (Å²) in [5.41, 5.74) is 5.52. The predicted octanol–water partition coefficient (Wildman–Crippen LogP) is 2.16. The first-order valence-electron chi connectivity index (χ1n) is 6.32. The van der Waals surface area contributed by atoms with E-state index < -0.39 is 24.5 Å². The molecule has 1 aliphatic carbocycles. The lowest BCUT2D eigenvalue weighted by Crippen LogP contribution is -2.45. The van der Waals surface area contributed by atoms with Crippen molar-refractivity contribution in [2.24, 2.45) is 17.6 Å². The van der Waals surface area contributed by atoms with Crippen molar-refractivity contribution in [1.29, 1.82) is 0 Å². The van der Waals surface area contributed by atoms with E-state index in [1.165, 1.54) is 0 Å². The summed E-state index contributed by atoms with van der Waals surface area (Å²) in [5.74, 6) is -0.687. The third-order valence-corrected chi connectivity index (χ3v) is 3.01. The molecule has 0 heterocycles. The number of nitrogens with two attached hydrogens (primary N) is 1. The van der Waals surface area contributed by atoms with Crippen LogP contribution in [0.25, 0.3) is 0 Å². The number of carbonyl (C=O) groups is 1. The van der Waals surface area contributed by atoms with Crippen molar-refractivity contribution in [1.82, 2.24) is 4.90 Å².